The molecule has 5 nitrogen and oxygen atoms in total. The van der Waals surface area contributed by atoms with Crippen LogP contribution in [0.4, 0.5) is 0 Å². The van der Waals surface area contributed by atoms with E-state index in [1.807, 2.05) is 6.07 Å². The fraction of sp³-hybridized carbons (Fsp3) is 0. The summed E-state index contributed by atoms with van der Waals surface area (Å²) in [6, 6.07) is 19.0. The molecule has 0 saturated heterocycles. The minimum atomic E-state index is -1.49. The van der Waals surface area contributed by atoms with Crippen LogP contribution >= 0.6 is 0 Å². The highest BCUT2D eigenvalue weighted by atomic mass is 16.4. The van der Waals surface area contributed by atoms with Gasteiger partial charge in [-0.25, -0.2) is 9.59 Å². The SMILES string of the molecule is O=C(O)c1cc(-c2ccccc2)c(-c2ccccc2)c(O)c1C(=O)O. The highest BCUT2D eigenvalue weighted by Gasteiger charge is 2.26. The van der Waals surface area contributed by atoms with Gasteiger partial charge in [0.05, 0.1) is 5.56 Å². The van der Waals surface area contributed by atoms with E-state index in [9.17, 15) is 24.9 Å². The number of rotatable bonds is 4. The van der Waals surface area contributed by atoms with Crippen LogP contribution in [0.5, 0.6) is 5.75 Å². The van der Waals surface area contributed by atoms with Gasteiger partial charge < -0.3 is 15.3 Å². The Kier molecular flexibility index (Phi) is 4.22. The first-order valence-corrected chi connectivity index (χ1v) is 7.48. The van der Waals surface area contributed by atoms with Gasteiger partial charge in [-0.3, -0.25) is 0 Å². The van der Waals surface area contributed by atoms with Crippen molar-refractivity contribution in [1.29, 1.82) is 0 Å². The van der Waals surface area contributed by atoms with Crippen molar-refractivity contribution in [3.05, 3.63) is 77.9 Å². The van der Waals surface area contributed by atoms with Crippen LogP contribution < -0.4 is 0 Å². The van der Waals surface area contributed by atoms with E-state index in [2.05, 4.69) is 0 Å². The normalized spacial score (nSPS) is 10.4. The van der Waals surface area contributed by atoms with E-state index in [4.69, 9.17) is 0 Å². The number of carbonyl (C=O) groups is 2. The molecule has 3 aromatic rings. The maximum absolute atomic E-state index is 11.6. The predicted molar refractivity (Wildman–Crippen MR) is 92.9 cm³/mol. The van der Waals surface area contributed by atoms with Gasteiger partial charge in [-0.2, -0.15) is 0 Å². The molecule has 0 heterocycles. The molecule has 5 heteroatoms. The predicted octanol–water partition coefficient (Wildman–Crippen LogP) is 4.12. The zero-order valence-electron chi connectivity index (χ0n) is 13.0. The Balaban J connectivity index is 2.44. The second-order valence-corrected chi connectivity index (χ2v) is 5.41. The lowest BCUT2D eigenvalue weighted by atomic mass is 9.89. The van der Waals surface area contributed by atoms with Gasteiger partial charge >= 0.3 is 11.9 Å². The summed E-state index contributed by atoms with van der Waals surface area (Å²) in [7, 11) is 0. The molecule has 0 amide bonds. The molecule has 0 aliphatic carbocycles. The van der Waals surface area contributed by atoms with Gasteiger partial charge in [0.25, 0.3) is 0 Å². The smallest absolute Gasteiger partial charge is 0.340 e. The Bertz CT molecular complexity index is 947. The Hall–Kier alpha value is -3.60. The van der Waals surface area contributed by atoms with Gasteiger partial charge in [-0.05, 0) is 22.8 Å². The Labute approximate surface area is 143 Å². The molecule has 3 aromatic carbocycles. The maximum Gasteiger partial charge on any atom is 0.340 e. The molecule has 0 aromatic heterocycles. The van der Waals surface area contributed by atoms with E-state index in [0.717, 1.165) is 0 Å². The van der Waals surface area contributed by atoms with Gasteiger partial charge in [0.15, 0.2) is 0 Å². The zero-order chi connectivity index (χ0) is 18.0. The fourth-order valence-corrected chi connectivity index (χ4v) is 2.80. The molecule has 3 rings (SSSR count). The molecule has 0 aliphatic rings. The van der Waals surface area contributed by atoms with Crippen LogP contribution in [0, 0.1) is 0 Å². The van der Waals surface area contributed by atoms with Crippen molar-refractivity contribution in [1.82, 2.24) is 0 Å². The van der Waals surface area contributed by atoms with Crippen molar-refractivity contribution in [2.75, 3.05) is 0 Å². The first-order valence-electron chi connectivity index (χ1n) is 7.48. The summed E-state index contributed by atoms with van der Waals surface area (Å²) in [6.07, 6.45) is 0. The monoisotopic (exact) mass is 334 g/mol. The lowest BCUT2D eigenvalue weighted by molar-refractivity contribution is 0.0648. The molecule has 124 valence electrons. The molecule has 0 radical (unpaired) electrons. The van der Waals surface area contributed by atoms with Crippen molar-refractivity contribution in [2.24, 2.45) is 0 Å². The molecule has 0 saturated carbocycles. The maximum atomic E-state index is 11.6. The summed E-state index contributed by atoms with van der Waals surface area (Å²) in [5.41, 5.74) is 0.935. The van der Waals surface area contributed by atoms with Gasteiger partial charge in [0.1, 0.15) is 11.3 Å². The molecule has 0 unspecified atom stereocenters. The van der Waals surface area contributed by atoms with Crippen LogP contribution in [0.25, 0.3) is 22.3 Å². The summed E-state index contributed by atoms with van der Waals surface area (Å²) in [5.74, 6) is -3.46. The van der Waals surface area contributed by atoms with E-state index in [0.29, 0.717) is 16.7 Å². The number of hydrogen-bond donors (Lipinski definition) is 3. The quantitative estimate of drug-likeness (QED) is 0.667. The standard InChI is InChI=1S/C20H14O5/c21-18-16(13-9-5-2-6-10-13)14(12-7-3-1-4-8-12)11-15(19(22)23)17(18)20(24)25/h1-11,21H,(H,22,23)(H,24,25). The Morgan fingerprint density at radius 3 is 1.72 bits per heavy atom. The van der Waals surface area contributed by atoms with Crippen molar-refractivity contribution in [2.45, 2.75) is 0 Å². The molecule has 0 atom stereocenters. The summed E-state index contributed by atoms with van der Waals surface area (Å²) in [5, 5.41) is 29.4. The van der Waals surface area contributed by atoms with Gasteiger partial charge in [-0.1, -0.05) is 60.7 Å². The largest absolute Gasteiger partial charge is 0.506 e. The average Bonchev–Trinajstić information content (AvgIpc) is 2.61. The summed E-state index contributed by atoms with van der Waals surface area (Å²) < 4.78 is 0. The third kappa shape index (κ3) is 2.95. The zero-order valence-corrected chi connectivity index (χ0v) is 13.0. The summed E-state index contributed by atoms with van der Waals surface area (Å²) in [6.45, 7) is 0. The molecule has 0 bridgehead atoms. The van der Waals surface area contributed by atoms with Crippen LogP contribution in [-0.2, 0) is 0 Å². The molecule has 25 heavy (non-hydrogen) atoms. The Morgan fingerprint density at radius 1 is 0.720 bits per heavy atom. The first kappa shape index (κ1) is 16.3. The lowest BCUT2D eigenvalue weighted by Crippen LogP contribution is -2.10. The van der Waals surface area contributed by atoms with E-state index in [-0.39, 0.29) is 5.56 Å². The third-order valence-electron chi connectivity index (χ3n) is 3.89. The van der Waals surface area contributed by atoms with Gasteiger partial charge in [0, 0.05) is 5.56 Å². The minimum Gasteiger partial charge on any atom is -0.506 e. The number of aromatic hydroxyl groups is 1. The second-order valence-electron chi connectivity index (χ2n) is 5.41. The van der Waals surface area contributed by atoms with Crippen LogP contribution in [0.2, 0.25) is 0 Å². The molecule has 3 N–H and O–H groups in total. The van der Waals surface area contributed by atoms with Crippen molar-refractivity contribution < 1.29 is 24.9 Å². The van der Waals surface area contributed by atoms with Crippen LogP contribution in [0.15, 0.2) is 66.7 Å². The van der Waals surface area contributed by atoms with E-state index in [1.165, 1.54) is 6.07 Å². The minimum absolute atomic E-state index is 0.286. The molecule has 0 fully saturated rings. The average molecular weight is 334 g/mol. The van der Waals surface area contributed by atoms with Gasteiger partial charge in [0.2, 0.25) is 0 Å². The summed E-state index contributed by atoms with van der Waals surface area (Å²) >= 11 is 0. The highest BCUT2D eigenvalue weighted by molar-refractivity contribution is 6.08. The van der Waals surface area contributed by atoms with Gasteiger partial charge in [-0.15, -0.1) is 0 Å². The number of carboxylic acid groups (broad SMARTS) is 2. The number of aromatic carboxylic acids is 2. The number of benzene rings is 3. The third-order valence-corrected chi connectivity index (χ3v) is 3.89. The number of carboxylic acids is 2. The highest BCUT2D eigenvalue weighted by Crippen LogP contribution is 2.42. The number of hydrogen-bond acceptors (Lipinski definition) is 3. The van der Waals surface area contributed by atoms with Crippen molar-refractivity contribution in [3.8, 4) is 28.0 Å². The second kappa shape index (κ2) is 6.49. The van der Waals surface area contributed by atoms with Crippen LogP contribution in [0.3, 0.4) is 0 Å². The molecular weight excluding hydrogens is 320 g/mol. The fourth-order valence-electron chi connectivity index (χ4n) is 2.80. The molecule has 0 aliphatic heterocycles. The molecular formula is C20H14O5. The van der Waals surface area contributed by atoms with Crippen molar-refractivity contribution in [3.63, 3.8) is 0 Å². The van der Waals surface area contributed by atoms with E-state index >= 15 is 0 Å². The summed E-state index contributed by atoms with van der Waals surface area (Å²) in [4.78, 5) is 23.1. The van der Waals surface area contributed by atoms with Crippen LogP contribution in [-0.4, -0.2) is 27.3 Å². The topological polar surface area (TPSA) is 94.8 Å². The van der Waals surface area contributed by atoms with Crippen molar-refractivity contribution >= 4 is 11.9 Å². The van der Waals surface area contributed by atoms with E-state index in [1.54, 1.807) is 54.6 Å². The number of phenols is 1. The van der Waals surface area contributed by atoms with Crippen LogP contribution in [0.1, 0.15) is 20.7 Å². The van der Waals surface area contributed by atoms with E-state index < -0.39 is 28.8 Å². The Morgan fingerprint density at radius 2 is 1.24 bits per heavy atom. The molecule has 0 spiro atoms. The lowest BCUT2D eigenvalue weighted by Gasteiger charge is -2.16. The first-order chi connectivity index (χ1) is 12.0.